The van der Waals surface area contributed by atoms with Gasteiger partial charge < -0.3 is 9.47 Å². The molecule has 0 fully saturated rings. The van der Waals surface area contributed by atoms with Crippen molar-refractivity contribution in [2.24, 2.45) is 5.92 Å². The fourth-order valence-corrected chi connectivity index (χ4v) is 3.68. The molecule has 0 N–H and O–H groups in total. The SMILES string of the molecule is C=C(C)C(c1ccc(OC(C)OCSc2ccccc2)cc1)C(C)C. The minimum Gasteiger partial charge on any atom is -0.465 e. The van der Waals surface area contributed by atoms with Crippen LogP contribution in [0.5, 0.6) is 5.75 Å². The van der Waals surface area contributed by atoms with Crippen LogP contribution in [-0.2, 0) is 4.74 Å². The van der Waals surface area contributed by atoms with E-state index in [1.54, 1.807) is 11.8 Å². The van der Waals surface area contributed by atoms with Crippen LogP contribution in [0.1, 0.15) is 39.2 Å². The average molecular weight is 357 g/mol. The first kappa shape index (κ1) is 19.6. The van der Waals surface area contributed by atoms with Gasteiger partial charge in [0.05, 0.1) is 0 Å². The molecular formula is C22H28O2S. The summed E-state index contributed by atoms with van der Waals surface area (Å²) in [7, 11) is 0. The molecule has 0 aliphatic carbocycles. The second-order valence-corrected chi connectivity index (χ2v) is 7.56. The maximum Gasteiger partial charge on any atom is 0.197 e. The van der Waals surface area contributed by atoms with E-state index in [1.165, 1.54) is 16.0 Å². The van der Waals surface area contributed by atoms with Crippen LogP contribution in [-0.4, -0.2) is 12.2 Å². The molecule has 0 saturated carbocycles. The zero-order valence-electron chi connectivity index (χ0n) is 15.6. The number of benzene rings is 2. The van der Waals surface area contributed by atoms with Crippen molar-refractivity contribution in [3.63, 3.8) is 0 Å². The van der Waals surface area contributed by atoms with Gasteiger partial charge in [0.15, 0.2) is 6.29 Å². The summed E-state index contributed by atoms with van der Waals surface area (Å²) in [6.07, 6.45) is -0.288. The maximum absolute atomic E-state index is 5.85. The number of thioether (sulfide) groups is 1. The van der Waals surface area contributed by atoms with Gasteiger partial charge in [-0.3, -0.25) is 0 Å². The number of hydrogen-bond donors (Lipinski definition) is 0. The molecule has 0 heterocycles. The van der Waals surface area contributed by atoms with Gasteiger partial charge in [0.1, 0.15) is 11.7 Å². The van der Waals surface area contributed by atoms with Gasteiger partial charge in [0.2, 0.25) is 0 Å². The number of ether oxygens (including phenoxy) is 2. The van der Waals surface area contributed by atoms with E-state index in [9.17, 15) is 0 Å². The predicted molar refractivity (Wildman–Crippen MR) is 107 cm³/mol. The Morgan fingerprint density at radius 2 is 1.64 bits per heavy atom. The molecule has 0 aliphatic heterocycles. The van der Waals surface area contributed by atoms with E-state index in [0.29, 0.717) is 17.8 Å². The molecular weight excluding hydrogens is 328 g/mol. The lowest BCUT2D eigenvalue weighted by molar-refractivity contribution is -0.0456. The maximum atomic E-state index is 5.85. The Morgan fingerprint density at radius 1 is 1.00 bits per heavy atom. The van der Waals surface area contributed by atoms with Gasteiger partial charge in [0, 0.05) is 10.8 Å². The van der Waals surface area contributed by atoms with Crippen molar-refractivity contribution < 1.29 is 9.47 Å². The van der Waals surface area contributed by atoms with Gasteiger partial charge in [-0.2, -0.15) is 0 Å². The van der Waals surface area contributed by atoms with Gasteiger partial charge in [-0.1, -0.05) is 68.1 Å². The highest BCUT2D eigenvalue weighted by Crippen LogP contribution is 2.31. The topological polar surface area (TPSA) is 18.5 Å². The van der Waals surface area contributed by atoms with E-state index in [-0.39, 0.29) is 6.29 Å². The van der Waals surface area contributed by atoms with Crippen molar-refractivity contribution in [1.29, 1.82) is 0 Å². The summed E-state index contributed by atoms with van der Waals surface area (Å²) in [5.74, 6) is 2.30. The molecule has 0 saturated heterocycles. The van der Waals surface area contributed by atoms with Crippen molar-refractivity contribution in [2.45, 2.75) is 44.8 Å². The molecule has 2 nitrogen and oxygen atoms in total. The third-order valence-corrected chi connectivity index (χ3v) is 4.87. The molecule has 0 spiro atoms. The summed E-state index contributed by atoms with van der Waals surface area (Å²) >= 11 is 1.66. The van der Waals surface area contributed by atoms with E-state index in [2.05, 4.69) is 51.6 Å². The fourth-order valence-electron chi connectivity index (χ4n) is 2.93. The zero-order chi connectivity index (χ0) is 18.2. The standard InChI is InChI=1S/C22H28O2S/c1-16(2)22(17(3)4)19-11-13-20(14-12-19)24-18(5)23-15-25-21-9-7-6-8-10-21/h6-14,17-18,22H,1,15H2,2-5H3. The van der Waals surface area contributed by atoms with Gasteiger partial charge in [-0.15, -0.1) is 0 Å². The quantitative estimate of drug-likeness (QED) is 0.290. The van der Waals surface area contributed by atoms with Crippen LogP contribution in [0.3, 0.4) is 0 Å². The zero-order valence-corrected chi connectivity index (χ0v) is 16.4. The van der Waals surface area contributed by atoms with Crippen LogP contribution in [0, 0.1) is 5.92 Å². The first-order valence-electron chi connectivity index (χ1n) is 8.69. The Balaban J connectivity index is 1.84. The summed E-state index contributed by atoms with van der Waals surface area (Å²) in [4.78, 5) is 1.19. The second kappa shape index (κ2) is 9.69. The van der Waals surface area contributed by atoms with Crippen LogP contribution in [0.15, 0.2) is 71.6 Å². The van der Waals surface area contributed by atoms with Crippen LogP contribution in [0.2, 0.25) is 0 Å². The Kier molecular flexibility index (Phi) is 7.60. The van der Waals surface area contributed by atoms with Crippen molar-refractivity contribution in [2.75, 3.05) is 5.94 Å². The molecule has 25 heavy (non-hydrogen) atoms. The summed E-state index contributed by atoms with van der Waals surface area (Å²) < 4.78 is 11.6. The molecule has 2 aromatic rings. The van der Waals surface area contributed by atoms with E-state index in [0.717, 1.165) is 5.75 Å². The largest absolute Gasteiger partial charge is 0.465 e. The third kappa shape index (κ3) is 6.26. The molecule has 134 valence electrons. The molecule has 0 aromatic heterocycles. The number of hydrogen-bond acceptors (Lipinski definition) is 3. The molecule has 2 unspecified atom stereocenters. The molecule has 2 rings (SSSR count). The Hall–Kier alpha value is -1.71. The van der Waals surface area contributed by atoms with Gasteiger partial charge in [-0.05, 0) is 49.6 Å². The second-order valence-electron chi connectivity index (χ2n) is 6.56. The smallest absolute Gasteiger partial charge is 0.197 e. The molecule has 0 bridgehead atoms. The van der Waals surface area contributed by atoms with Gasteiger partial charge in [-0.25, -0.2) is 0 Å². The van der Waals surface area contributed by atoms with Crippen LogP contribution in [0.25, 0.3) is 0 Å². The number of rotatable bonds is 9. The van der Waals surface area contributed by atoms with Crippen LogP contribution in [0.4, 0.5) is 0 Å². The minimum absolute atomic E-state index is 0.288. The Morgan fingerprint density at radius 3 is 2.20 bits per heavy atom. The molecule has 0 aliphatic rings. The normalized spacial score (nSPS) is 13.5. The van der Waals surface area contributed by atoms with Gasteiger partial charge in [0.25, 0.3) is 0 Å². The molecule has 2 atom stereocenters. The Bertz CT molecular complexity index is 649. The lowest BCUT2D eigenvalue weighted by atomic mass is 9.84. The van der Waals surface area contributed by atoms with E-state index < -0.39 is 0 Å². The summed E-state index contributed by atoms with van der Waals surface area (Å²) in [5.41, 5.74) is 2.47. The first-order valence-corrected chi connectivity index (χ1v) is 9.67. The summed E-state index contributed by atoms with van der Waals surface area (Å²) in [6, 6.07) is 18.5. The lowest BCUT2D eigenvalue weighted by Crippen LogP contribution is -2.16. The Labute approximate surface area is 156 Å². The monoisotopic (exact) mass is 356 g/mol. The summed E-state index contributed by atoms with van der Waals surface area (Å²) in [5, 5.41) is 0. The van der Waals surface area contributed by atoms with Gasteiger partial charge >= 0.3 is 0 Å². The molecule has 3 heteroatoms. The highest BCUT2D eigenvalue weighted by molar-refractivity contribution is 7.99. The predicted octanol–water partition coefficient (Wildman–Crippen LogP) is 6.49. The molecule has 2 aromatic carbocycles. The van der Waals surface area contributed by atoms with Crippen molar-refractivity contribution >= 4 is 11.8 Å². The van der Waals surface area contributed by atoms with E-state index in [1.807, 2.05) is 37.3 Å². The van der Waals surface area contributed by atoms with Crippen molar-refractivity contribution in [1.82, 2.24) is 0 Å². The number of allylic oxidation sites excluding steroid dienone is 1. The highest BCUT2D eigenvalue weighted by atomic mass is 32.2. The molecule has 0 radical (unpaired) electrons. The fraction of sp³-hybridized carbons (Fsp3) is 0.364. The van der Waals surface area contributed by atoms with Crippen molar-refractivity contribution in [3.05, 3.63) is 72.3 Å². The lowest BCUT2D eigenvalue weighted by Gasteiger charge is -2.22. The first-order chi connectivity index (χ1) is 12.0. The average Bonchev–Trinajstić information content (AvgIpc) is 2.57. The van der Waals surface area contributed by atoms with Crippen molar-refractivity contribution in [3.8, 4) is 5.75 Å². The highest BCUT2D eigenvalue weighted by Gasteiger charge is 2.16. The summed E-state index contributed by atoms with van der Waals surface area (Å²) in [6.45, 7) is 12.6. The van der Waals surface area contributed by atoms with Crippen LogP contribution < -0.4 is 4.74 Å². The third-order valence-electron chi connectivity index (χ3n) is 4.01. The van der Waals surface area contributed by atoms with E-state index >= 15 is 0 Å². The van der Waals surface area contributed by atoms with E-state index in [4.69, 9.17) is 9.47 Å². The minimum atomic E-state index is -0.288. The molecule has 0 amide bonds. The van der Waals surface area contributed by atoms with Crippen LogP contribution >= 0.6 is 11.8 Å².